The quantitative estimate of drug-likeness (QED) is 0.833. The summed E-state index contributed by atoms with van der Waals surface area (Å²) in [6.45, 7) is 4.75. The maximum atomic E-state index is 12.0. The van der Waals surface area contributed by atoms with Crippen LogP contribution >= 0.6 is 0 Å². The van der Waals surface area contributed by atoms with Crippen LogP contribution in [0.5, 0.6) is 11.5 Å². The lowest BCUT2D eigenvalue weighted by molar-refractivity contribution is 0.101. The molecule has 1 aromatic carbocycles. The number of carbonyl (C=O) groups excluding carboxylic acids is 1. The lowest BCUT2D eigenvalue weighted by atomic mass is 10.2. The van der Waals surface area contributed by atoms with Gasteiger partial charge in [0, 0.05) is 11.8 Å². The number of rotatable bonds is 6. The van der Waals surface area contributed by atoms with Gasteiger partial charge in [0.25, 0.3) is 5.91 Å². The molecule has 0 aliphatic heterocycles. The second-order valence-electron chi connectivity index (χ2n) is 3.98. The fourth-order valence-corrected chi connectivity index (χ4v) is 1.67. The third kappa shape index (κ3) is 3.41. The molecular formula is C13H16N4O4. The number of carbonyl (C=O) groups is 1. The maximum absolute atomic E-state index is 12.0. The van der Waals surface area contributed by atoms with Crippen LogP contribution in [0.2, 0.25) is 0 Å². The minimum absolute atomic E-state index is 0.0662. The van der Waals surface area contributed by atoms with E-state index < -0.39 is 5.91 Å². The molecule has 2 rings (SSSR count). The molecule has 112 valence electrons. The summed E-state index contributed by atoms with van der Waals surface area (Å²) < 4.78 is 15.3. The molecule has 0 aliphatic carbocycles. The molecule has 2 aromatic rings. The number of ether oxygens (including phenoxy) is 2. The van der Waals surface area contributed by atoms with Crippen molar-refractivity contribution in [2.45, 2.75) is 13.8 Å². The van der Waals surface area contributed by atoms with Crippen molar-refractivity contribution in [2.24, 2.45) is 0 Å². The molecule has 1 amide bonds. The summed E-state index contributed by atoms with van der Waals surface area (Å²) in [5, 5.41) is 9.43. The van der Waals surface area contributed by atoms with Crippen molar-refractivity contribution in [3.63, 3.8) is 0 Å². The Hall–Kier alpha value is -2.77. The zero-order valence-corrected chi connectivity index (χ0v) is 11.8. The van der Waals surface area contributed by atoms with E-state index in [0.717, 1.165) is 0 Å². The van der Waals surface area contributed by atoms with E-state index in [4.69, 9.17) is 15.2 Å². The Morgan fingerprint density at radius 1 is 1.24 bits per heavy atom. The molecule has 1 aromatic heterocycles. The van der Waals surface area contributed by atoms with E-state index in [9.17, 15) is 4.79 Å². The van der Waals surface area contributed by atoms with Gasteiger partial charge in [0.05, 0.1) is 13.2 Å². The Bertz CT molecular complexity index is 626. The molecule has 0 radical (unpaired) electrons. The highest BCUT2D eigenvalue weighted by molar-refractivity contribution is 6.05. The van der Waals surface area contributed by atoms with Gasteiger partial charge in [0.15, 0.2) is 11.5 Å². The van der Waals surface area contributed by atoms with E-state index in [2.05, 4.69) is 20.3 Å². The highest BCUT2D eigenvalue weighted by atomic mass is 16.6. The van der Waals surface area contributed by atoms with Crippen molar-refractivity contribution in [3.8, 4) is 11.5 Å². The second kappa shape index (κ2) is 6.60. The molecule has 0 saturated carbocycles. The fourth-order valence-electron chi connectivity index (χ4n) is 1.67. The van der Waals surface area contributed by atoms with Crippen LogP contribution in [-0.2, 0) is 0 Å². The van der Waals surface area contributed by atoms with Crippen molar-refractivity contribution in [2.75, 3.05) is 24.3 Å². The first-order valence-corrected chi connectivity index (χ1v) is 6.44. The van der Waals surface area contributed by atoms with Crippen molar-refractivity contribution in [3.05, 3.63) is 23.9 Å². The summed E-state index contributed by atoms with van der Waals surface area (Å²) in [7, 11) is 0. The van der Waals surface area contributed by atoms with E-state index >= 15 is 0 Å². The number of anilines is 2. The van der Waals surface area contributed by atoms with Gasteiger partial charge in [-0.2, -0.15) is 0 Å². The summed E-state index contributed by atoms with van der Waals surface area (Å²) in [4.78, 5) is 12.0. The molecule has 0 aliphatic rings. The zero-order chi connectivity index (χ0) is 15.2. The lowest BCUT2D eigenvalue weighted by Gasteiger charge is -2.12. The molecule has 0 atom stereocenters. The van der Waals surface area contributed by atoms with Crippen LogP contribution in [0.1, 0.15) is 24.3 Å². The summed E-state index contributed by atoms with van der Waals surface area (Å²) in [6, 6.07) is 5.07. The number of nitrogens with two attached hydrogens (primary N) is 1. The molecule has 21 heavy (non-hydrogen) atoms. The van der Waals surface area contributed by atoms with Gasteiger partial charge in [-0.15, -0.1) is 0 Å². The molecule has 0 bridgehead atoms. The third-order valence-electron chi connectivity index (χ3n) is 2.53. The number of benzene rings is 1. The van der Waals surface area contributed by atoms with E-state index in [1.807, 2.05) is 13.8 Å². The van der Waals surface area contributed by atoms with Gasteiger partial charge >= 0.3 is 0 Å². The topological polar surface area (TPSA) is 112 Å². The van der Waals surface area contributed by atoms with Crippen molar-refractivity contribution >= 4 is 17.4 Å². The molecular weight excluding hydrogens is 276 g/mol. The van der Waals surface area contributed by atoms with Gasteiger partial charge in [-0.1, -0.05) is 0 Å². The smallest absolute Gasteiger partial charge is 0.281 e. The summed E-state index contributed by atoms with van der Waals surface area (Å²) in [5.74, 6) is 0.576. The Labute approximate surface area is 121 Å². The van der Waals surface area contributed by atoms with Gasteiger partial charge in [-0.25, -0.2) is 4.63 Å². The first-order valence-electron chi connectivity index (χ1n) is 6.44. The maximum Gasteiger partial charge on any atom is 0.281 e. The minimum Gasteiger partial charge on any atom is -0.490 e. The number of amides is 1. The first-order chi connectivity index (χ1) is 10.2. The van der Waals surface area contributed by atoms with Gasteiger partial charge in [-0.05, 0) is 36.3 Å². The van der Waals surface area contributed by atoms with Crippen molar-refractivity contribution in [1.29, 1.82) is 0 Å². The fraction of sp³-hybridized carbons (Fsp3) is 0.308. The molecule has 0 spiro atoms. The SMILES string of the molecule is CCOc1ccc(NC(=O)c2nonc2N)cc1OCC. The average Bonchev–Trinajstić information content (AvgIpc) is 2.88. The number of hydrogen-bond acceptors (Lipinski definition) is 7. The third-order valence-corrected chi connectivity index (χ3v) is 2.53. The predicted octanol–water partition coefficient (Wildman–Crippen LogP) is 1.70. The normalized spacial score (nSPS) is 10.2. The van der Waals surface area contributed by atoms with E-state index in [-0.39, 0.29) is 11.5 Å². The number of nitrogen functional groups attached to an aromatic ring is 1. The molecule has 0 saturated heterocycles. The van der Waals surface area contributed by atoms with Gasteiger partial charge in [0.1, 0.15) is 0 Å². The van der Waals surface area contributed by atoms with Crippen LogP contribution in [0.4, 0.5) is 11.5 Å². The van der Waals surface area contributed by atoms with Crippen molar-refractivity contribution in [1.82, 2.24) is 10.3 Å². The summed E-state index contributed by atoms with van der Waals surface area (Å²) in [5.41, 5.74) is 5.92. The second-order valence-corrected chi connectivity index (χ2v) is 3.98. The van der Waals surface area contributed by atoms with E-state index in [0.29, 0.717) is 30.4 Å². The lowest BCUT2D eigenvalue weighted by Crippen LogP contribution is -2.14. The van der Waals surface area contributed by atoms with E-state index in [1.165, 1.54) is 0 Å². The van der Waals surface area contributed by atoms with Crippen LogP contribution in [0.3, 0.4) is 0 Å². The Morgan fingerprint density at radius 3 is 2.57 bits per heavy atom. The Kier molecular flexibility index (Phi) is 4.60. The van der Waals surface area contributed by atoms with Crippen LogP contribution in [-0.4, -0.2) is 29.4 Å². The number of nitrogens with one attached hydrogen (secondary N) is 1. The van der Waals surface area contributed by atoms with Crippen molar-refractivity contribution < 1.29 is 18.9 Å². The molecule has 0 fully saturated rings. The zero-order valence-electron chi connectivity index (χ0n) is 11.8. The largest absolute Gasteiger partial charge is 0.490 e. The van der Waals surface area contributed by atoms with E-state index in [1.54, 1.807) is 18.2 Å². The highest BCUT2D eigenvalue weighted by Crippen LogP contribution is 2.30. The van der Waals surface area contributed by atoms with Gasteiger partial charge in [-0.3, -0.25) is 4.79 Å². The Morgan fingerprint density at radius 2 is 1.95 bits per heavy atom. The predicted molar refractivity (Wildman–Crippen MR) is 75.4 cm³/mol. The molecule has 3 N–H and O–H groups in total. The van der Waals surface area contributed by atoms with Gasteiger partial charge < -0.3 is 20.5 Å². The van der Waals surface area contributed by atoms with Crippen LogP contribution < -0.4 is 20.5 Å². The number of hydrogen-bond donors (Lipinski definition) is 2. The molecule has 8 nitrogen and oxygen atoms in total. The molecule has 0 unspecified atom stereocenters. The Balaban J connectivity index is 2.18. The molecule has 8 heteroatoms. The van der Waals surface area contributed by atoms with Crippen LogP contribution in [0.15, 0.2) is 22.8 Å². The highest BCUT2D eigenvalue weighted by Gasteiger charge is 2.17. The van der Waals surface area contributed by atoms with Crippen LogP contribution in [0, 0.1) is 0 Å². The van der Waals surface area contributed by atoms with Crippen LogP contribution in [0.25, 0.3) is 0 Å². The monoisotopic (exact) mass is 292 g/mol. The molecule has 1 heterocycles. The summed E-state index contributed by atoms with van der Waals surface area (Å²) in [6.07, 6.45) is 0. The number of nitrogens with zero attached hydrogens (tertiary/aromatic N) is 2. The average molecular weight is 292 g/mol. The standard InChI is InChI=1S/C13H16N4O4/c1-3-19-9-6-5-8(7-10(9)20-4-2)15-13(18)11-12(14)17-21-16-11/h5-7H,3-4H2,1-2H3,(H2,14,17)(H,15,18). The minimum atomic E-state index is -0.514. The summed E-state index contributed by atoms with van der Waals surface area (Å²) >= 11 is 0. The van der Waals surface area contributed by atoms with Gasteiger partial charge in [0.2, 0.25) is 11.5 Å². The first kappa shape index (κ1) is 14.6. The number of aromatic nitrogens is 2.